The lowest BCUT2D eigenvalue weighted by Gasteiger charge is -2.10. The first-order valence-electron chi connectivity index (χ1n) is 15.2. The number of fused-ring (bicyclic) bond motifs is 10. The Morgan fingerprint density at radius 2 is 0.864 bits per heavy atom. The fourth-order valence-electron chi connectivity index (χ4n) is 7.54. The van der Waals surface area contributed by atoms with Crippen LogP contribution in [0.2, 0.25) is 0 Å². The second-order valence-electron chi connectivity index (χ2n) is 11.8. The minimum atomic E-state index is 1.17. The van der Waals surface area contributed by atoms with E-state index in [0.717, 1.165) is 0 Å². The molecule has 3 heterocycles. The molecular weight excluding hydrogens is 532 g/mol. The molecule has 0 spiro atoms. The van der Waals surface area contributed by atoms with Crippen LogP contribution >= 0.6 is 0 Å². The number of aromatic nitrogens is 2. The lowest BCUT2D eigenvalue weighted by atomic mass is 10.00. The molecule has 0 atom stereocenters. The Morgan fingerprint density at radius 3 is 1.59 bits per heavy atom. The summed E-state index contributed by atoms with van der Waals surface area (Å²) in [6.45, 7) is 0. The van der Waals surface area contributed by atoms with Crippen LogP contribution in [0.3, 0.4) is 0 Å². The van der Waals surface area contributed by atoms with Gasteiger partial charge in [-0.2, -0.15) is 0 Å². The molecular formula is C42H26N2. The summed E-state index contributed by atoms with van der Waals surface area (Å²) in [5.74, 6) is 0. The molecule has 10 aromatic rings. The quantitative estimate of drug-likeness (QED) is 0.204. The smallest absolute Gasteiger partial charge is 0.0628 e. The second-order valence-corrected chi connectivity index (χ2v) is 11.8. The standard InChI is InChI=1S/C42H26N2/c1-3-11-27(12-4-1)29-19-22-31(23-20-29)43-36-17-9-7-15-32(36)40-39(43)26-35-34-25-30(28-13-5-2-6-14-28)21-24-38(34)44-37-18-10-8-16-33(37)41(40)42(35)44/h1-26H. The van der Waals surface area contributed by atoms with Gasteiger partial charge in [-0.1, -0.05) is 115 Å². The van der Waals surface area contributed by atoms with Gasteiger partial charge < -0.3 is 8.97 Å². The Kier molecular flexibility index (Phi) is 4.75. The van der Waals surface area contributed by atoms with E-state index in [9.17, 15) is 0 Å². The molecule has 0 unspecified atom stereocenters. The summed E-state index contributed by atoms with van der Waals surface area (Å²) in [6, 6.07) is 57.5. The normalized spacial score (nSPS) is 12.1. The van der Waals surface area contributed by atoms with Crippen LogP contribution in [-0.2, 0) is 0 Å². The van der Waals surface area contributed by atoms with Gasteiger partial charge in [0.25, 0.3) is 0 Å². The summed E-state index contributed by atoms with van der Waals surface area (Å²) < 4.78 is 4.95. The van der Waals surface area contributed by atoms with E-state index >= 15 is 0 Å². The van der Waals surface area contributed by atoms with Crippen molar-refractivity contribution < 1.29 is 0 Å². The molecule has 0 fully saturated rings. The molecule has 2 nitrogen and oxygen atoms in total. The molecule has 3 aromatic heterocycles. The van der Waals surface area contributed by atoms with E-state index in [1.165, 1.54) is 87.8 Å². The van der Waals surface area contributed by atoms with Crippen LogP contribution in [0.5, 0.6) is 0 Å². The van der Waals surface area contributed by atoms with Crippen molar-refractivity contribution in [2.45, 2.75) is 0 Å². The Bertz CT molecular complexity index is 2680. The minimum absolute atomic E-state index is 1.17. The van der Waals surface area contributed by atoms with Gasteiger partial charge >= 0.3 is 0 Å². The highest BCUT2D eigenvalue weighted by Gasteiger charge is 2.24. The van der Waals surface area contributed by atoms with Crippen LogP contribution in [0.25, 0.3) is 87.8 Å². The Morgan fingerprint density at radius 1 is 0.318 bits per heavy atom. The molecule has 0 aliphatic carbocycles. The van der Waals surface area contributed by atoms with Gasteiger partial charge in [0.15, 0.2) is 0 Å². The summed E-state index contributed by atoms with van der Waals surface area (Å²) in [5.41, 5.74) is 12.4. The van der Waals surface area contributed by atoms with Gasteiger partial charge in [0.2, 0.25) is 0 Å². The van der Waals surface area contributed by atoms with Gasteiger partial charge in [0.1, 0.15) is 0 Å². The molecule has 0 bridgehead atoms. The fraction of sp³-hybridized carbons (Fsp3) is 0. The van der Waals surface area contributed by atoms with E-state index in [0.29, 0.717) is 0 Å². The van der Waals surface area contributed by atoms with Crippen molar-refractivity contribution in [2.24, 2.45) is 0 Å². The van der Waals surface area contributed by atoms with Crippen LogP contribution in [0.1, 0.15) is 0 Å². The first-order chi connectivity index (χ1) is 21.8. The molecule has 0 saturated heterocycles. The zero-order valence-corrected chi connectivity index (χ0v) is 23.9. The average Bonchev–Trinajstić information content (AvgIpc) is 3.73. The molecule has 0 aliphatic rings. The van der Waals surface area contributed by atoms with E-state index in [-0.39, 0.29) is 0 Å². The van der Waals surface area contributed by atoms with Crippen molar-refractivity contribution in [1.82, 2.24) is 8.97 Å². The van der Waals surface area contributed by atoms with Gasteiger partial charge in [-0.3, -0.25) is 0 Å². The highest BCUT2D eigenvalue weighted by molar-refractivity contribution is 6.35. The molecule has 7 aromatic carbocycles. The Labute approximate surface area is 254 Å². The van der Waals surface area contributed by atoms with Crippen molar-refractivity contribution in [1.29, 1.82) is 0 Å². The first kappa shape index (κ1) is 23.7. The molecule has 10 rings (SSSR count). The third kappa shape index (κ3) is 3.14. The number of hydrogen-bond donors (Lipinski definition) is 0. The largest absolute Gasteiger partial charge is 0.309 e. The van der Waals surface area contributed by atoms with Crippen LogP contribution in [-0.4, -0.2) is 8.97 Å². The zero-order chi connectivity index (χ0) is 28.8. The molecule has 204 valence electrons. The van der Waals surface area contributed by atoms with Crippen molar-refractivity contribution in [3.8, 4) is 27.9 Å². The van der Waals surface area contributed by atoms with Crippen molar-refractivity contribution >= 4 is 59.9 Å². The second kappa shape index (κ2) is 8.82. The van der Waals surface area contributed by atoms with Gasteiger partial charge in [-0.15, -0.1) is 0 Å². The summed E-state index contributed by atoms with van der Waals surface area (Å²) in [4.78, 5) is 0. The highest BCUT2D eigenvalue weighted by Crippen LogP contribution is 2.47. The number of para-hydroxylation sites is 2. The van der Waals surface area contributed by atoms with Crippen LogP contribution in [0, 0.1) is 0 Å². The predicted octanol–water partition coefficient (Wildman–Crippen LogP) is 11.3. The van der Waals surface area contributed by atoms with Crippen molar-refractivity contribution in [3.63, 3.8) is 0 Å². The Balaban J connectivity index is 1.36. The topological polar surface area (TPSA) is 9.34 Å². The third-order valence-corrected chi connectivity index (χ3v) is 9.44. The van der Waals surface area contributed by atoms with Gasteiger partial charge in [0, 0.05) is 38.0 Å². The maximum absolute atomic E-state index is 2.49. The lowest BCUT2D eigenvalue weighted by Crippen LogP contribution is -1.93. The van der Waals surface area contributed by atoms with Gasteiger partial charge in [-0.25, -0.2) is 0 Å². The first-order valence-corrected chi connectivity index (χ1v) is 15.2. The summed E-state index contributed by atoms with van der Waals surface area (Å²) in [7, 11) is 0. The fourth-order valence-corrected chi connectivity index (χ4v) is 7.54. The van der Waals surface area contributed by atoms with Crippen LogP contribution in [0.15, 0.2) is 158 Å². The maximum atomic E-state index is 2.49. The Hall–Kier alpha value is -5.86. The predicted molar refractivity (Wildman–Crippen MR) is 186 cm³/mol. The van der Waals surface area contributed by atoms with E-state index in [4.69, 9.17) is 0 Å². The average molecular weight is 559 g/mol. The molecule has 0 radical (unpaired) electrons. The SMILES string of the molecule is c1ccc(-c2ccc(-n3c4ccccc4c4c5c6ccccc6n6c7ccc(-c8ccccc8)cc7c(cc43)c56)cc2)cc1. The molecule has 0 aliphatic heterocycles. The van der Waals surface area contributed by atoms with E-state index in [1.807, 2.05) is 0 Å². The summed E-state index contributed by atoms with van der Waals surface area (Å²) in [6.07, 6.45) is 0. The molecule has 0 amide bonds. The third-order valence-electron chi connectivity index (χ3n) is 9.44. The van der Waals surface area contributed by atoms with E-state index in [1.54, 1.807) is 0 Å². The number of rotatable bonds is 3. The molecule has 44 heavy (non-hydrogen) atoms. The van der Waals surface area contributed by atoms with Crippen molar-refractivity contribution in [2.75, 3.05) is 0 Å². The monoisotopic (exact) mass is 558 g/mol. The lowest BCUT2D eigenvalue weighted by molar-refractivity contribution is 1.18. The van der Waals surface area contributed by atoms with Crippen LogP contribution < -0.4 is 0 Å². The summed E-state index contributed by atoms with van der Waals surface area (Å²) in [5, 5.41) is 7.81. The van der Waals surface area contributed by atoms with Crippen LogP contribution in [0.4, 0.5) is 0 Å². The highest BCUT2D eigenvalue weighted by atomic mass is 15.0. The zero-order valence-electron chi connectivity index (χ0n) is 23.9. The van der Waals surface area contributed by atoms with Gasteiger partial charge in [-0.05, 0) is 64.7 Å². The number of nitrogens with zero attached hydrogens (tertiary/aromatic N) is 2. The minimum Gasteiger partial charge on any atom is -0.309 e. The molecule has 0 saturated carbocycles. The molecule has 2 heteroatoms. The van der Waals surface area contributed by atoms with Crippen molar-refractivity contribution in [3.05, 3.63) is 158 Å². The molecule has 0 N–H and O–H groups in total. The van der Waals surface area contributed by atoms with Gasteiger partial charge in [0.05, 0.1) is 27.6 Å². The maximum Gasteiger partial charge on any atom is 0.0628 e. The van der Waals surface area contributed by atoms with E-state index in [2.05, 4.69) is 167 Å². The number of benzene rings is 7. The van der Waals surface area contributed by atoms with E-state index < -0.39 is 0 Å². The summed E-state index contributed by atoms with van der Waals surface area (Å²) >= 11 is 0. The number of hydrogen-bond acceptors (Lipinski definition) is 0.